The van der Waals surface area contributed by atoms with E-state index in [0.717, 1.165) is 31.6 Å². The van der Waals surface area contributed by atoms with Gasteiger partial charge in [0.2, 0.25) is 11.8 Å². The number of aromatic nitrogens is 4. The van der Waals surface area contributed by atoms with E-state index in [-0.39, 0.29) is 11.8 Å². The number of carbonyl (C=O) groups is 1. The lowest BCUT2D eigenvalue weighted by molar-refractivity contribution is -0.132. The summed E-state index contributed by atoms with van der Waals surface area (Å²) in [5.41, 5.74) is 1.01. The van der Waals surface area contributed by atoms with Crippen LogP contribution >= 0.6 is 0 Å². The normalized spacial score (nSPS) is 18.1. The summed E-state index contributed by atoms with van der Waals surface area (Å²) < 4.78 is 5.21. The van der Waals surface area contributed by atoms with Crippen LogP contribution < -0.4 is 0 Å². The van der Waals surface area contributed by atoms with Gasteiger partial charge in [0.15, 0.2) is 5.82 Å². The molecular formula is C17H23N5O2. The van der Waals surface area contributed by atoms with E-state index >= 15 is 0 Å². The minimum absolute atomic E-state index is 0.137. The predicted molar refractivity (Wildman–Crippen MR) is 87.3 cm³/mol. The highest BCUT2D eigenvalue weighted by Crippen LogP contribution is 2.25. The van der Waals surface area contributed by atoms with Gasteiger partial charge >= 0.3 is 0 Å². The molecule has 1 saturated heterocycles. The van der Waals surface area contributed by atoms with Crippen LogP contribution in [-0.4, -0.2) is 44.0 Å². The van der Waals surface area contributed by atoms with Crippen LogP contribution in [0.5, 0.6) is 0 Å². The van der Waals surface area contributed by atoms with Gasteiger partial charge in [-0.05, 0) is 18.9 Å². The number of likely N-dealkylation sites (tertiary alicyclic amines) is 1. The lowest BCUT2D eigenvalue weighted by atomic mass is 9.94. The molecule has 1 amide bonds. The SMILES string of the molecule is CC(C)c1noc(CCC(=O)N2CCC[C@H](c3ccncn3)C2)n1. The van der Waals surface area contributed by atoms with Crippen molar-refractivity contribution >= 4 is 5.91 Å². The molecule has 0 bridgehead atoms. The molecule has 0 aliphatic carbocycles. The van der Waals surface area contributed by atoms with E-state index in [4.69, 9.17) is 4.52 Å². The quantitative estimate of drug-likeness (QED) is 0.837. The molecule has 1 atom stereocenters. The topological polar surface area (TPSA) is 85.0 Å². The zero-order valence-corrected chi connectivity index (χ0v) is 14.2. The van der Waals surface area contributed by atoms with Gasteiger partial charge < -0.3 is 9.42 Å². The molecule has 1 fully saturated rings. The second-order valence-corrected chi connectivity index (χ2v) is 6.51. The van der Waals surface area contributed by atoms with Gasteiger partial charge in [-0.2, -0.15) is 4.98 Å². The van der Waals surface area contributed by atoms with Crippen molar-refractivity contribution in [2.45, 2.75) is 51.4 Å². The number of amides is 1. The average molecular weight is 329 g/mol. The summed E-state index contributed by atoms with van der Waals surface area (Å²) in [4.78, 5) is 27.0. The monoisotopic (exact) mass is 329 g/mol. The summed E-state index contributed by atoms with van der Waals surface area (Å²) in [5.74, 6) is 1.89. The Morgan fingerprint density at radius 1 is 1.46 bits per heavy atom. The van der Waals surface area contributed by atoms with Crippen LogP contribution in [0, 0.1) is 0 Å². The zero-order chi connectivity index (χ0) is 16.9. The van der Waals surface area contributed by atoms with Gasteiger partial charge in [0, 0.05) is 49.7 Å². The van der Waals surface area contributed by atoms with Crippen LogP contribution in [-0.2, 0) is 11.2 Å². The Morgan fingerprint density at radius 2 is 2.33 bits per heavy atom. The van der Waals surface area contributed by atoms with Gasteiger partial charge in [0.05, 0.1) is 0 Å². The first-order chi connectivity index (χ1) is 11.6. The van der Waals surface area contributed by atoms with Crippen LogP contribution in [0.4, 0.5) is 0 Å². The first kappa shape index (κ1) is 16.5. The molecule has 0 radical (unpaired) electrons. The van der Waals surface area contributed by atoms with Crippen molar-refractivity contribution in [3.8, 4) is 0 Å². The van der Waals surface area contributed by atoms with Gasteiger partial charge in [-0.1, -0.05) is 19.0 Å². The number of aryl methyl sites for hydroxylation is 1. The highest BCUT2D eigenvalue weighted by Gasteiger charge is 2.25. The molecule has 7 nitrogen and oxygen atoms in total. The Hall–Kier alpha value is -2.31. The summed E-state index contributed by atoms with van der Waals surface area (Å²) >= 11 is 0. The van der Waals surface area contributed by atoms with Crippen molar-refractivity contribution in [1.29, 1.82) is 0 Å². The fourth-order valence-corrected chi connectivity index (χ4v) is 2.96. The Balaban J connectivity index is 1.54. The fraction of sp³-hybridized carbons (Fsp3) is 0.588. The Labute approximate surface area is 141 Å². The lowest BCUT2D eigenvalue weighted by Crippen LogP contribution is -2.39. The van der Waals surface area contributed by atoms with Crippen molar-refractivity contribution in [1.82, 2.24) is 25.0 Å². The van der Waals surface area contributed by atoms with Crippen molar-refractivity contribution < 1.29 is 9.32 Å². The molecule has 3 rings (SSSR count). The Bertz CT molecular complexity index is 671. The highest BCUT2D eigenvalue weighted by molar-refractivity contribution is 5.76. The van der Waals surface area contributed by atoms with E-state index in [0.29, 0.717) is 30.5 Å². The third kappa shape index (κ3) is 3.96. The largest absolute Gasteiger partial charge is 0.342 e. The van der Waals surface area contributed by atoms with Crippen molar-refractivity contribution in [3.05, 3.63) is 36.0 Å². The molecule has 128 valence electrons. The molecule has 0 spiro atoms. The van der Waals surface area contributed by atoms with E-state index in [9.17, 15) is 4.79 Å². The number of rotatable bonds is 5. The molecule has 7 heteroatoms. The van der Waals surface area contributed by atoms with Crippen LogP contribution in [0.15, 0.2) is 23.1 Å². The second-order valence-electron chi connectivity index (χ2n) is 6.51. The summed E-state index contributed by atoms with van der Waals surface area (Å²) in [6, 6.07) is 1.94. The lowest BCUT2D eigenvalue weighted by Gasteiger charge is -2.32. The van der Waals surface area contributed by atoms with E-state index in [1.807, 2.05) is 24.8 Å². The fourth-order valence-electron chi connectivity index (χ4n) is 2.96. The third-order valence-corrected chi connectivity index (χ3v) is 4.35. The number of hydrogen-bond donors (Lipinski definition) is 0. The van der Waals surface area contributed by atoms with Crippen molar-refractivity contribution in [2.24, 2.45) is 0 Å². The molecule has 3 heterocycles. The minimum Gasteiger partial charge on any atom is -0.342 e. The number of hydrogen-bond acceptors (Lipinski definition) is 6. The van der Waals surface area contributed by atoms with Crippen LogP contribution in [0.25, 0.3) is 0 Å². The van der Waals surface area contributed by atoms with Gasteiger partial charge in [0.1, 0.15) is 6.33 Å². The van der Waals surface area contributed by atoms with Crippen LogP contribution in [0.3, 0.4) is 0 Å². The van der Waals surface area contributed by atoms with E-state index in [1.165, 1.54) is 0 Å². The maximum atomic E-state index is 12.5. The number of nitrogens with zero attached hydrogens (tertiary/aromatic N) is 5. The van der Waals surface area contributed by atoms with Gasteiger partial charge in [-0.3, -0.25) is 4.79 Å². The Kier molecular flexibility index (Phi) is 5.17. The molecule has 1 aliphatic heterocycles. The molecule has 24 heavy (non-hydrogen) atoms. The van der Waals surface area contributed by atoms with Crippen LogP contribution in [0.2, 0.25) is 0 Å². The van der Waals surface area contributed by atoms with E-state index in [2.05, 4.69) is 20.1 Å². The maximum Gasteiger partial charge on any atom is 0.227 e. The smallest absolute Gasteiger partial charge is 0.227 e. The van der Waals surface area contributed by atoms with Gasteiger partial charge in [-0.25, -0.2) is 9.97 Å². The van der Waals surface area contributed by atoms with Crippen molar-refractivity contribution in [3.63, 3.8) is 0 Å². The molecule has 0 saturated carbocycles. The summed E-state index contributed by atoms with van der Waals surface area (Å²) in [7, 11) is 0. The highest BCUT2D eigenvalue weighted by atomic mass is 16.5. The van der Waals surface area contributed by atoms with Gasteiger partial charge in [0.25, 0.3) is 0 Å². The molecule has 2 aromatic rings. The van der Waals surface area contributed by atoms with Gasteiger partial charge in [-0.15, -0.1) is 0 Å². The molecule has 0 aromatic carbocycles. The first-order valence-corrected chi connectivity index (χ1v) is 8.49. The third-order valence-electron chi connectivity index (χ3n) is 4.35. The standard InChI is InChI=1S/C17H23N5O2/c1-12(2)17-20-15(24-21-17)5-6-16(23)22-9-3-4-13(10-22)14-7-8-18-11-19-14/h7-8,11-13H,3-6,9-10H2,1-2H3/t13-/m0/s1. The minimum atomic E-state index is 0.137. The summed E-state index contributed by atoms with van der Waals surface area (Å²) in [6.45, 7) is 5.56. The maximum absolute atomic E-state index is 12.5. The number of piperidine rings is 1. The summed E-state index contributed by atoms with van der Waals surface area (Å²) in [5, 5.41) is 3.93. The molecular weight excluding hydrogens is 306 g/mol. The average Bonchev–Trinajstić information content (AvgIpc) is 3.10. The molecule has 0 unspecified atom stereocenters. The number of carbonyl (C=O) groups excluding carboxylic acids is 1. The second kappa shape index (κ2) is 7.51. The van der Waals surface area contributed by atoms with E-state index in [1.54, 1.807) is 12.5 Å². The zero-order valence-electron chi connectivity index (χ0n) is 14.2. The van der Waals surface area contributed by atoms with E-state index < -0.39 is 0 Å². The predicted octanol–water partition coefficient (Wildman–Crippen LogP) is 2.32. The Morgan fingerprint density at radius 3 is 3.04 bits per heavy atom. The molecule has 0 N–H and O–H groups in total. The first-order valence-electron chi connectivity index (χ1n) is 8.49. The van der Waals surface area contributed by atoms with Crippen LogP contribution in [0.1, 0.15) is 62.4 Å². The molecule has 1 aliphatic rings. The summed E-state index contributed by atoms with van der Waals surface area (Å²) in [6.07, 6.45) is 6.27. The van der Waals surface area contributed by atoms with Crippen molar-refractivity contribution in [2.75, 3.05) is 13.1 Å². The molecule has 2 aromatic heterocycles.